The van der Waals surface area contributed by atoms with Crippen LogP contribution < -0.4 is 4.90 Å². The third-order valence-electron chi connectivity index (χ3n) is 2.98. The summed E-state index contributed by atoms with van der Waals surface area (Å²) in [6, 6.07) is 6.51. The topological polar surface area (TPSA) is 72.2 Å². The summed E-state index contributed by atoms with van der Waals surface area (Å²) in [5, 5.41) is 11.5. The third kappa shape index (κ3) is 3.46. The number of rotatable bonds is 6. The van der Waals surface area contributed by atoms with Crippen molar-refractivity contribution in [2.24, 2.45) is 0 Å². The fourth-order valence-corrected chi connectivity index (χ4v) is 2.20. The van der Waals surface area contributed by atoms with Crippen LogP contribution in [0, 0.1) is 10.1 Å². The molecule has 2 rings (SSSR count). The van der Waals surface area contributed by atoms with E-state index in [2.05, 4.69) is 16.9 Å². The number of nitro groups is 1. The standard InChI is InChI=1S/C14H15ClN4O2/c1-2-3-10-18(11-6-4-8-16-13(11)15)14-12(19(20)21)7-5-9-17-14/h4-9H,2-3,10H2,1H3. The molecule has 0 aliphatic carbocycles. The number of halogens is 1. The molecule has 0 radical (unpaired) electrons. The molecule has 0 N–H and O–H groups in total. The zero-order chi connectivity index (χ0) is 15.2. The lowest BCUT2D eigenvalue weighted by atomic mass is 10.2. The molecule has 0 fully saturated rings. The molecule has 2 aromatic rings. The molecule has 2 heterocycles. The molecule has 0 spiro atoms. The number of nitrogens with zero attached hydrogens (tertiary/aromatic N) is 4. The highest BCUT2D eigenvalue weighted by Crippen LogP contribution is 2.34. The molecule has 0 atom stereocenters. The summed E-state index contributed by atoms with van der Waals surface area (Å²) in [6.07, 6.45) is 4.93. The lowest BCUT2D eigenvalue weighted by molar-refractivity contribution is -0.384. The van der Waals surface area contributed by atoms with Crippen molar-refractivity contribution in [1.82, 2.24) is 9.97 Å². The lowest BCUT2D eigenvalue weighted by Crippen LogP contribution is -2.21. The van der Waals surface area contributed by atoms with Crippen molar-refractivity contribution in [2.75, 3.05) is 11.4 Å². The zero-order valence-corrected chi connectivity index (χ0v) is 12.3. The van der Waals surface area contributed by atoms with Crippen LogP contribution in [-0.4, -0.2) is 21.4 Å². The summed E-state index contributed by atoms with van der Waals surface area (Å²) in [5.41, 5.74) is 0.572. The molecular formula is C14H15ClN4O2. The van der Waals surface area contributed by atoms with Crippen LogP contribution in [0.15, 0.2) is 36.7 Å². The van der Waals surface area contributed by atoms with E-state index in [1.165, 1.54) is 12.3 Å². The van der Waals surface area contributed by atoms with E-state index in [0.717, 1.165) is 12.8 Å². The first kappa shape index (κ1) is 15.2. The van der Waals surface area contributed by atoms with Gasteiger partial charge in [0.1, 0.15) is 0 Å². The Morgan fingerprint density at radius 2 is 2.00 bits per heavy atom. The first-order valence-electron chi connectivity index (χ1n) is 6.62. The first-order valence-corrected chi connectivity index (χ1v) is 7.00. The summed E-state index contributed by atoms with van der Waals surface area (Å²) >= 11 is 6.13. The minimum Gasteiger partial charge on any atom is -0.318 e. The Balaban J connectivity index is 2.51. The van der Waals surface area contributed by atoms with Crippen molar-refractivity contribution in [2.45, 2.75) is 19.8 Å². The van der Waals surface area contributed by atoms with Gasteiger partial charge in [-0.1, -0.05) is 24.9 Å². The molecule has 0 saturated carbocycles. The Morgan fingerprint density at radius 1 is 1.29 bits per heavy atom. The van der Waals surface area contributed by atoms with E-state index in [9.17, 15) is 10.1 Å². The summed E-state index contributed by atoms with van der Waals surface area (Å²) in [5.74, 6) is 0.283. The van der Waals surface area contributed by atoms with Crippen molar-refractivity contribution in [3.63, 3.8) is 0 Å². The largest absolute Gasteiger partial charge is 0.318 e. The second-order valence-electron chi connectivity index (χ2n) is 4.42. The van der Waals surface area contributed by atoms with Gasteiger partial charge in [-0.15, -0.1) is 0 Å². The Labute approximate surface area is 127 Å². The Bertz CT molecular complexity index is 636. The maximum Gasteiger partial charge on any atom is 0.311 e. The van der Waals surface area contributed by atoms with E-state index in [4.69, 9.17) is 11.6 Å². The number of anilines is 2. The summed E-state index contributed by atoms with van der Waals surface area (Å²) in [6.45, 7) is 2.63. The number of hydrogen-bond acceptors (Lipinski definition) is 5. The maximum atomic E-state index is 11.2. The van der Waals surface area contributed by atoms with Crippen LogP contribution in [0.5, 0.6) is 0 Å². The second-order valence-corrected chi connectivity index (χ2v) is 4.78. The van der Waals surface area contributed by atoms with E-state index >= 15 is 0 Å². The Kier molecular flexibility index (Phi) is 5.05. The summed E-state index contributed by atoms with van der Waals surface area (Å²) in [7, 11) is 0. The van der Waals surface area contributed by atoms with E-state index in [1.807, 2.05) is 0 Å². The molecule has 0 unspecified atom stereocenters. The van der Waals surface area contributed by atoms with Crippen molar-refractivity contribution in [3.05, 3.63) is 51.9 Å². The number of hydrogen-bond donors (Lipinski definition) is 0. The van der Waals surface area contributed by atoms with Gasteiger partial charge in [-0.25, -0.2) is 9.97 Å². The van der Waals surface area contributed by atoms with Gasteiger partial charge in [-0.05, 0) is 24.6 Å². The van der Waals surface area contributed by atoms with Gasteiger partial charge in [-0.3, -0.25) is 10.1 Å². The highest BCUT2D eigenvalue weighted by atomic mass is 35.5. The van der Waals surface area contributed by atoms with Crippen molar-refractivity contribution in [3.8, 4) is 0 Å². The maximum absolute atomic E-state index is 11.2. The molecule has 110 valence electrons. The average Bonchev–Trinajstić information content (AvgIpc) is 2.49. The summed E-state index contributed by atoms with van der Waals surface area (Å²) < 4.78 is 0. The predicted molar refractivity (Wildman–Crippen MR) is 82.1 cm³/mol. The first-order chi connectivity index (χ1) is 10.1. The van der Waals surface area contributed by atoms with E-state index in [0.29, 0.717) is 17.4 Å². The fourth-order valence-electron chi connectivity index (χ4n) is 1.97. The molecule has 21 heavy (non-hydrogen) atoms. The Morgan fingerprint density at radius 3 is 2.67 bits per heavy atom. The minimum atomic E-state index is -0.439. The third-order valence-corrected chi connectivity index (χ3v) is 3.28. The monoisotopic (exact) mass is 306 g/mol. The number of unbranched alkanes of at least 4 members (excludes halogenated alkanes) is 1. The van der Waals surface area contributed by atoms with Crippen LogP contribution in [0.25, 0.3) is 0 Å². The molecule has 2 aromatic heterocycles. The van der Waals surface area contributed by atoms with Crippen molar-refractivity contribution < 1.29 is 4.92 Å². The summed E-state index contributed by atoms with van der Waals surface area (Å²) in [4.78, 5) is 20.7. The van der Waals surface area contributed by atoms with Crippen LogP contribution in [0.4, 0.5) is 17.2 Å². The van der Waals surface area contributed by atoms with Crippen LogP contribution >= 0.6 is 11.6 Å². The van der Waals surface area contributed by atoms with Gasteiger partial charge in [0, 0.05) is 25.0 Å². The minimum absolute atomic E-state index is 0.0477. The lowest BCUT2D eigenvalue weighted by Gasteiger charge is -2.23. The highest BCUT2D eigenvalue weighted by molar-refractivity contribution is 6.32. The molecule has 0 bridgehead atoms. The van der Waals surface area contributed by atoms with E-state index in [-0.39, 0.29) is 11.5 Å². The van der Waals surface area contributed by atoms with Crippen LogP contribution in [-0.2, 0) is 0 Å². The normalized spacial score (nSPS) is 10.4. The predicted octanol–water partition coefficient (Wildman–Crippen LogP) is 3.98. The SMILES string of the molecule is CCCCN(c1cccnc1Cl)c1ncccc1[N+](=O)[O-]. The van der Waals surface area contributed by atoms with Crippen molar-refractivity contribution >= 4 is 28.8 Å². The van der Waals surface area contributed by atoms with Gasteiger partial charge in [0.05, 0.1) is 10.6 Å². The molecule has 0 aliphatic heterocycles. The molecule has 0 amide bonds. The van der Waals surface area contributed by atoms with Crippen LogP contribution in [0.1, 0.15) is 19.8 Å². The van der Waals surface area contributed by atoms with Gasteiger partial charge < -0.3 is 4.90 Å². The second kappa shape index (κ2) is 6.99. The van der Waals surface area contributed by atoms with Crippen molar-refractivity contribution in [1.29, 1.82) is 0 Å². The van der Waals surface area contributed by atoms with E-state index in [1.54, 1.807) is 29.3 Å². The quantitative estimate of drug-likeness (QED) is 0.458. The zero-order valence-electron chi connectivity index (χ0n) is 11.6. The molecule has 6 nitrogen and oxygen atoms in total. The number of aromatic nitrogens is 2. The number of pyridine rings is 2. The van der Waals surface area contributed by atoms with Gasteiger partial charge in [0.15, 0.2) is 5.15 Å². The average molecular weight is 307 g/mol. The smallest absolute Gasteiger partial charge is 0.311 e. The molecule has 0 aliphatic rings. The van der Waals surface area contributed by atoms with Gasteiger partial charge in [-0.2, -0.15) is 0 Å². The van der Waals surface area contributed by atoms with Crippen LogP contribution in [0.3, 0.4) is 0 Å². The highest BCUT2D eigenvalue weighted by Gasteiger charge is 2.23. The van der Waals surface area contributed by atoms with Gasteiger partial charge in [0.25, 0.3) is 0 Å². The fraction of sp³-hybridized carbons (Fsp3) is 0.286. The molecular weight excluding hydrogens is 292 g/mol. The van der Waals surface area contributed by atoms with Gasteiger partial charge in [0.2, 0.25) is 5.82 Å². The van der Waals surface area contributed by atoms with Gasteiger partial charge >= 0.3 is 5.69 Å². The molecule has 0 saturated heterocycles. The van der Waals surface area contributed by atoms with E-state index < -0.39 is 4.92 Å². The van der Waals surface area contributed by atoms with Crippen LogP contribution in [0.2, 0.25) is 5.15 Å². The Hall–Kier alpha value is -2.21. The molecule has 0 aromatic carbocycles. The molecule has 7 heteroatoms.